The van der Waals surface area contributed by atoms with E-state index in [0.717, 1.165) is 25.9 Å². The summed E-state index contributed by atoms with van der Waals surface area (Å²) in [6, 6.07) is 0. The van der Waals surface area contributed by atoms with Crippen LogP contribution in [0.25, 0.3) is 0 Å². The highest BCUT2D eigenvalue weighted by Crippen LogP contribution is 2.70. The van der Waals surface area contributed by atoms with Crippen LogP contribution in [0.4, 0.5) is 0 Å². The third-order valence-electron chi connectivity index (χ3n) is 6.17. The van der Waals surface area contributed by atoms with Gasteiger partial charge >= 0.3 is 0 Å². The van der Waals surface area contributed by atoms with Crippen LogP contribution in [0.1, 0.15) is 53.9 Å². The summed E-state index contributed by atoms with van der Waals surface area (Å²) >= 11 is 0. The normalized spacial score (nSPS) is 37.1. The van der Waals surface area contributed by atoms with Crippen molar-refractivity contribution in [2.45, 2.75) is 53.9 Å². The van der Waals surface area contributed by atoms with Crippen LogP contribution in [0.15, 0.2) is 0 Å². The van der Waals surface area contributed by atoms with Crippen LogP contribution >= 0.6 is 0 Å². The Bertz CT molecular complexity index is 397. The van der Waals surface area contributed by atoms with Crippen molar-refractivity contribution in [2.24, 2.45) is 16.2 Å². The highest BCUT2D eigenvalue weighted by molar-refractivity contribution is 5.99. The number of hydrogen-bond donors (Lipinski definition) is 0. The van der Waals surface area contributed by atoms with Crippen molar-refractivity contribution in [2.75, 3.05) is 13.1 Å². The largest absolute Gasteiger partial charge is 0.343 e. The van der Waals surface area contributed by atoms with Crippen molar-refractivity contribution >= 4 is 11.7 Å². The lowest BCUT2D eigenvalue weighted by atomic mass is 9.64. The highest BCUT2D eigenvalue weighted by atomic mass is 16.2. The van der Waals surface area contributed by atoms with E-state index in [-0.39, 0.29) is 16.7 Å². The summed E-state index contributed by atoms with van der Waals surface area (Å²) in [7, 11) is 0. The molecule has 102 valence electrons. The average Bonchev–Trinajstić information content (AvgIpc) is 2.61. The monoisotopic (exact) mass is 251 g/mol. The van der Waals surface area contributed by atoms with E-state index in [1.807, 2.05) is 18.7 Å². The van der Waals surface area contributed by atoms with Gasteiger partial charge in [-0.05, 0) is 32.1 Å². The topological polar surface area (TPSA) is 37.4 Å². The fourth-order valence-electron chi connectivity index (χ4n) is 4.15. The molecule has 2 aliphatic carbocycles. The first-order valence-corrected chi connectivity index (χ1v) is 7.09. The van der Waals surface area contributed by atoms with E-state index in [1.165, 1.54) is 0 Å². The van der Waals surface area contributed by atoms with Gasteiger partial charge in [0.05, 0.1) is 5.41 Å². The number of carbonyl (C=O) groups is 2. The van der Waals surface area contributed by atoms with Crippen molar-refractivity contribution in [3.63, 3.8) is 0 Å². The number of hydrogen-bond acceptors (Lipinski definition) is 2. The third kappa shape index (κ3) is 1.25. The van der Waals surface area contributed by atoms with Crippen LogP contribution in [0, 0.1) is 16.2 Å². The Kier molecular flexibility index (Phi) is 2.88. The molecule has 2 fully saturated rings. The van der Waals surface area contributed by atoms with Crippen molar-refractivity contribution in [1.29, 1.82) is 0 Å². The quantitative estimate of drug-likeness (QED) is 0.773. The lowest BCUT2D eigenvalue weighted by Gasteiger charge is -2.41. The molecule has 2 rings (SSSR count). The van der Waals surface area contributed by atoms with Crippen molar-refractivity contribution in [3.05, 3.63) is 0 Å². The minimum atomic E-state index is -0.440. The first-order valence-electron chi connectivity index (χ1n) is 7.09. The summed E-state index contributed by atoms with van der Waals surface area (Å²) in [5.74, 6) is 0.492. The van der Waals surface area contributed by atoms with Gasteiger partial charge in [-0.1, -0.05) is 20.8 Å². The minimum Gasteiger partial charge on any atom is -0.343 e. The first kappa shape index (κ1) is 13.6. The lowest BCUT2D eigenvalue weighted by Crippen LogP contribution is -2.48. The van der Waals surface area contributed by atoms with E-state index >= 15 is 0 Å². The molecule has 0 radical (unpaired) electrons. The zero-order valence-electron chi connectivity index (χ0n) is 12.3. The Labute approximate surface area is 110 Å². The van der Waals surface area contributed by atoms with E-state index in [0.29, 0.717) is 12.2 Å². The second kappa shape index (κ2) is 3.82. The number of amides is 1. The molecule has 2 saturated carbocycles. The minimum absolute atomic E-state index is 0.201. The molecule has 2 aliphatic rings. The molecule has 0 aromatic heterocycles. The standard InChI is InChI=1S/C15H25NO2/c1-6-16(7-2)12(18)15-9-8-14(5,11(17)10-15)13(15,3)4/h6-10H2,1-5H3/t14-,15-/m1/s1. The van der Waals surface area contributed by atoms with Gasteiger partial charge in [-0.15, -0.1) is 0 Å². The molecular formula is C15H25NO2. The zero-order valence-corrected chi connectivity index (χ0v) is 12.3. The second-order valence-electron chi connectivity index (χ2n) is 6.62. The Morgan fingerprint density at radius 2 is 1.72 bits per heavy atom. The van der Waals surface area contributed by atoms with Crippen molar-refractivity contribution < 1.29 is 9.59 Å². The number of ketones is 1. The molecule has 0 spiro atoms. The van der Waals surface area contributed by atoms with E-state index in [2.05, 4.69) is 20.8 Å². The molecule has 0 aromatic rings. The summed E-state index contributed by atoms with van der Waals surface area (Å²) in [5.41, 5.74) is -0.947. The molecule has 3 heteroatoms. The molecule has 2 atom stereocenters. The molecular weight excluding hydrogens is 226 g/mol. The molecule has 18 heavy (non-hydrogen) atoms. The van der Waals surface area contributed by atoms with Gasteiger partial charge in [-0.3, -0.25) is 9.59 Å². The van der Waals surface area contributed by atoms with E-state index in [4.69, 9.17) is 0 Å². The first-order chi connectivity index (χ1) is 8.27. The summed E-state index contributed by atoms with van der Waals surface area (Å²) in [4.78, 5) is 27.1. The zero-order chi connectivity index (χ0) is 13.8. The van der Waals surface area contributed by atoms with Gasteiger partial charge in [-0.25, -0.2) is 0 Å². The van der Waals surface area contributed by atoms with Gasteiger partial charge in [0.1, 0.15) is 5.78 Å². The van der Waals surface area contributed by atoms with Crippen molar-refractivity contribution in [3.8, 4) is 0 Å². The predicted molar refractivity (Wildman–Crippen MR) is 71.1 cm³/mol. The Hall–Kier alpha value is -0.860. The Morgan fingerprint density at radius 1 is 1.17 bits per heavy atom. The predicted octanol–water partition coefficient (Wildman–Crippen LogP) is 2.64. The fraction of sp³-hybridized carbons (Fsp3) is 0.867. The Balaban J connectivity index is 2.44. The van der Waals surface area contributed by atoms with Crippen LogP contribution in [0.3, 0.4) is 0 Å². The number of Topliss-reactive ketones (excluding diaryl/α,β-unsaturated/α-hetero) is 1. The van der Waals surface area contributed by atoms with E-state index in [1.54, 1.807) is 0 Å². The molecule has 3 nitrogen and oxygen atoms in total. The Morgan fingerprint density at radius 3 is 2.06 bits per heavy atom. The maximum atomic E-state index is 12.9. The van der Waals surface area contributed by atoms with Crippen LogP contribution < -0.4 is 0 Å². The van der Waals surface area contributed by atoms with Gasteiger partial charge < -0.3 is 4.90 Å². The molecule has 0 aliphatic heterocycles. The summed E-state index contributed by atoms with van der Waals surface area (Å²) < 4.78 is 0. The second-order valence-corrected chi connectivity index (χ2v) is 6.62. The summed E-state index contributed by atoms with van der Waals surface area (Å²) in [6.07, 6.45) is 2.19. The number of fused-ring (bicyclic) bond motifs is 2. The maximum absolute atomic E-state index is 12.9. The SMILES string of the molecule is CCN(CC)C(=O)[C@@]12CC[C@](C)(C(=O)C1)C2(C)C. The fourth-order valence-corrected chi connectivity index (χ4v) is 4.15. The van der Waals surface area contributed by atoms with Crippen LogP contribution in [0.5, 0.6) is 0 Å². The number of rotatable bonds is 3. The highest BCUT2D eigenvalue weighted by Gasteiger charge is 2.72. The average molecular weight is 251 g/mol. The van der Waals surface area contributed by atoms with Crippen LogP contribution in [0.2, 0.25) is 0 Å². The van der Waals surface area contributed by atoms with Crippen LogP contribution in [-0.4, -0.2) is 29.7 Å². The van der Waals surface area contributed by atoms with Gasteiger partial charge in [0.15, 0.2) is 0 Å². The van der Waals surface area contributed by atoms with Gasteiger partial charge in [0, 0.05) is 24.9 Å². The number of nitrogens with zero attached hydrogens (tertiary/aromatic N) is 1. The molecule has 0 unspecified atom stereocenters. The molecule has 0 saturated heterocycles. The smallest absolute Gasteiger partial charge is 0.229 e. The van der Waals surface area contributed by atoms with Gasteiger partial charge in [0.25, 0.3) is 0 Å². The molecule has 0 heterocycles. The molecule has 1 amide bonds. The van der Waals surface area contributed by atoms with Crippen molar-refractivity contribution in [1.82, 2.24) is 4.90 Å². The van der Waals surface area contributed by atoms with E-state index < -0.39 is 5.41 Å². The molecule has 0 N–H and O–H groups in total. The summed E-state index contributed by atoms with van der Waals surface area (Å²) in [6.45, 7) is 11.8. The van der Waals surface area contributed by atoms with Gasteiger partial charge in [-0.2, -0.15) is 0 Å². The summed E-state index contributed by atoms with van der Waals surface area (Å²) in [5, 5.41) is 0. The van der Waals surface area contributed by atoms with Crippen LogP contribution in [-0.2, 0) is 9.59 Å². The van der Waals surface area contributed by atoms with E-state index in [9.17, 15) is 9.59 Å². The lowest BCUT2D eigenvalue weighted by molar-refractivity contribution is -0.147. The van der Waals surface area contributed by atoms with Gasteiger partial charge in [0.2, 0.25) is 5.91 Å². The molecule has 0 aromatic carbocycles. The molecule has 2 bridgehead atoms. The third-order valence-corrected chi connectivity index (χ3v) is 6.17. The number of carbonyl (C=O) groups excluding carboxylic acids is 2. The maximum Gasteiger partial charge on any atom is 0.229 e.